The molecule has 2 heterocycles. The van der Waals surface area contributed by atoms with E-state index in [0.717, 1.165) is 4.90 Å². The first-order valence-electron chi connectivity index (χ1n) is 11.4. The molecule has 2 aliphatic heterocycles. The largest absolute Gasteiger partial charge is 0.497 e. The molecule has 6 rings (SSSR count). The average molecular weight is 483 g/mol. The summed E-state index contributed by atoms with van der Waals surface area (Å²) < 4.78 is 17.0. The van der Waals surface area contributed by atoms with Crippen molar-refractivity contribution >= 4 is 29.1 Å². The number of nitrogens with zero attached hydrogens (tertiary/aromatic N) is 1. The number of ether oxygens (including phenoxy) is 3. The summed E-state index contributed by atoms with van der Waals surface area (Å²) in [5, 5.41) is 0. The van der Waals surface area contributed by atoms with Gasteiger partial charge in [0.25, 0.3) is 0 Å². The molecule has 0 bridgehead atoms. The number of carbonyl (C=O) groups excluding carboxylic acids is 4. The second kappa shape index (κ2) is 7.86. The van der Waals surface area contributed by atoms with Gasteiger partial charge >= 0.3 is 0 Å². The summed E-state index contributed by atoms with van der Waals surface area (Å²) >= 11 is 0. The summed E-state index contributed by atoms with van der Waals surface area (Å²) in [7, 11) is 2.91. The van der Waals surface area contributed by atoms with E-state index in [4.69, 9.17) is 14.2 Å². The molecule has 2 amide bonds. The molecule has 0 saturated carbocycles. The summed E-state index contributed by atoms with van der Waals surface area (Å²) in [6.07, 6.45) is -0.968. The number of imide groups is 1. The van der Waals surface area contributed by atoms with Crippen molar-refractivity contribution in [1.82, 2.24) is 0 Å². The number of fused-ring (bicyclic) bond motifs is 3. The van der Waals surface area contributed by atoms with E-state index < -0.39 is 46.9 Å². The molecule has 8 heteroatoms. The highest BCUT2D eigenvalue weighted by Gasteiger charge is 2.74. The number of rotatable bonds is 4. The van der Waals surface area contributed by atoms with Gasteiger partial charge in [-0.1, -0.05) is 54.6 Å². The van der Waals surface area contributed by atoms with Crippen molar-refractivity contribution in [2.45, 2.75) is 11.7 Å². The van der Waals surface area contributed by atoms with Crippen molar-refractivity contribution < 1.29 is 33.4 Å². The van der Waals surface area contributed by atoms with E-state index in [0.29, 0.717) is 11.3 Å². The summed E-state index contributed by atoms with van der Waals surface area (Å²) in [6, 6.07) is 20.0. The molecule has 0 radical (unpaired) electrons. The van der Waals surface area contributed by atoms with Crippen LogP contribution >= 0.6 is 0 Å². The third kappa shape index (κ3) is 2.73. The highest BCUT2D eigenvalue weighted by molar-refractivity contribution is 6.37. The highest BCUT2D eigenvalue weighted by Crippen LogP contribution is 2.58. The third-order valence-corrected chi connectivity index (χ3v) is 7.27. The van der Waals surface area contributed by atoms with E-state index in [2.05, 4.69) is 0 Å². The number of methoxy groups -OCH3 is 2. The van der Waals surface area contributed by atoms with Crippen LogP contribution in [0.1, 0.15) is 32.4 Å². The minimum Gasteiger partial charge on any atom is -0.497 e. The Morgan fingerprint density at radius 3 is 2.03 bits per heavy atom. The number of amides is 2. The Morgan fingerprint density at radius 2 is 1.42 bits per heavy atom. The summed E-state index contributed by atoms with van der Waals surface area (Å²) in [5.74, 6) is -4.11. The zero-order valence-electron chi connectivity index (χ0n) is 19.5. The molecule has 0 aromatic heterocycles. The smallest absolute Gasteiger partial charge is 0.241 e. The fourth-order valence-electron chi connectivity index (χ4n) is 5.67. The van der Waals surface area contributed by atoms with Crippen LogP contribution in [-0.4, -0.2) is 43.2 Å². The molecule has 3 unspecified atom stereocenters. The second-order valence-electron chi connectivity index (χ2n) is 8.94. The molecule has 3 aromatic carbocycles. The molecule has 2 saturated heterocycles. The van der Waals surface area contributed by atoms with Crippen molar-refractivity contribution in [3.8, 4) is 11.5 Å². The van der Waals surface area contributed by atoms with Gasteiger partial charge in [-0.05, 0) is 17.7 Å². The first-order chi connectivity index (χ1) is 17.4. The first kappa shape index (κ1) is 22.2. The predicted octanol–water partition coefficient (Wildman–Crippen LogP) is 3.40. The molecule has 180 valence electrons. The van der Waals surface area contributed by atoms with Gasteiger partial charge in [0.1, 0.15) is 11.5 Å². The van der Waals surface area contributed by atoms with Gasteiger partial charge in [0.15, 0.2) is 0 Å². The van der Waals surface area contributed by atoms with E-state index in [9.17, 15) is 19.2 Å². The number of Topliss-reactive ketones (excluding diaryl/α,β-unsaturated/α-hetero) is 2. The molecule has 1 aliphatic carbocycles. The van der Waals surface area contributed by atoms with Crippen LogP contribution in [0.2, 0.25) is 0 Å². The first-order valence-corrected chi connectivity index (χ1v) is 11.4. The van der Waals surface area contributed by atoms with Crippen LogP contribution in [0.5, 0.6) is 11.5 Å². The monoisotopic (exact) mass is 483 g/mol. The maximum Gasteiger partial charge on any atom is 0.241 e. The van der Waals surface area contributed by atoms with Gasteiger partial charge in [-0.15, -0.1) is 0 Å². The molecule has 36 heavy (non-hydrogen) atoms. The topological polar surface area (TPSA) is 99.2 Å². The fourth-order valence-corrected chi connectivity index (χ4v) is 5.67. The lowest BCUT2D eigenvalue weighted by molar-refractivity contribution is -0.127. The van der Waals surface area contributed by atoms with Gasteiger partial charge in [0, 0.05) is 17.2 Å². The number of benzene rings is 3. The average Bonchev–Trinajstić information content (AvgIpc) is 3.48. The minimum atomic E-state index is -2.12. The van der Waals surface area contributed by atoms with Crippen LogP contribution in [0.3, 0.4) is 0 Å². The van der Waals surface area contributed by atoms with E-state index >= 15 is 0 Å². The van der Waals surface area contributed by atoms with Gasteiger partial charge < -0.3 is 14.2 Å². The Labute approximate surface area is 206 Å². The summed E-state index contributed by atoms with van der Waals surface area (Å²) in [5.41, 5.74) is -0.923. The normalized spacial score (nSPS) is 23.8. The standard InChI is InChI=1S/C28H21NO7/c1-34-16-12-13-19(20(14-16)35-2)29-26(32)21-22(27(29)33)28(36-23(21)15-8-4-3-5-9-15)24(30)17-10-6-7-11-18(17)25(28)31/h3-14,21-23H,1-2H3. The van der Waals surface area contributed by atoms with Crippen molar-refractivity contribution in [1.29, 1.82) is 0 Å². The zero-order chi connectivity index (χ0) is 25.2. The van der Waals surface area contributed by atoms with Gasteiger partial charge in [-0.3, -0.25) is 19.2 Å². The Bertz CT molecular complexity index is 1410. The Kier molecular flexibility index (Phi) is 4.84. The lowest BCUT2D eigenvalue weighted by Gasteiger charge is -2.27. The van der Waals surface area contributed by atoms with Crippen molar-refractivity contribution in [3.05, 3.63) is 89.5 Å². The van der Waals surface area contributed by atoms with E-state index in [1.807, 2.05) is 6.07 Å². The lowest BCUT2D eigenvalue weighted by Crippen LogP contribution is -2.51. The van der Waals surface area contributed by atoms with Gasteiger partial charge in [0.05, 0.1) is 37.8 Å². The molecule has 3 aromatic rings. The van der Waals surface area contributed by atoms with Crippen LogP contribution < -0.4 is 14.4 Å². The molecule has 3 aliphatic rings. The van der Waals surface area contributed by atoms with Crippen molar-refractivity contribution in [2.24, 2.45) is 11.8 Å². The zero-order valence-corrected chi connectivity index (χ0v) is 19.5. The third-order valence-electron chi connectivity index (χ3n) is 7.27. The Hall–Kier alpha value is -4.30. The summed E-state index contributed by atoms with van der Waals surface area (Å²) in [6.45, 7) is 0. The number of hydrogen-bond donors (Lipinski definition) is 0. The number of hydrogen-bond acceptors (Lipinski definition) is 7. The van der Waals surface area contributed by atoms with E-state index in [-0.39, 0.29) is 22.6 Å². The molecule has 2 fully saturated rings. The predicted molar refractivity (Wildman–Crippen MR) is 127 cm³/mol. The lowest BCUT2D eigenvalue weighted by atomic mass is 9.77. The molecular formula is C28H21NO7. The Morgan fingerprint density at radius 1 is 0.778 bits per heavy atom. The molecule has 1 spiro atoms. The number of carbonyl (C=O) groups is 4. The maximum atomic E-state index is 14.0. The number of anilines is 1. The van der Waals surface area contributed by atoms with Crippen LogP contribution in [-0.2, 0) is 14.3 Å². The van der Waals surface area contributed by atoms with Gasteiger partial charge in [-0.25, -0.2) is 4.90 Å². The van der Waals surface area contributed by atoms with Crippen LogP contribution in [0.4, 0.5) is 5.69 Å². The van der Waals surface area contributed by atoms with Crippen molar-refractivity contribution in [3.63, 3.8) is 0 Å². The molecular weight excluding hydrogens is 462 g/mol. The van der Waals surface area contributed by atoms with Crippen LogP contribution in [0, 0.1) is 11.8 Å². The fraction of sp³-hybridized carbons (Fsp3) is 0.214. The second-order valence-corrected chi connectivity index (χ2v) is 8.94. The maximum absolute atomic E-state index is 14.0. The molecule has 8 nitrogen and oxygen atoms in total. The Balaban J connectivity index is 1.54. The molecule has 0 N–H and O–H groups in total. The minimum absolute atomic E-state index is 0.190. The van der Waals surface area contributed by atoms with Crippen LogP contribution in [0.15, 0.2) is 72.8 Å². The highest BCUT2D eigenvalue weighted by atomic mass is 16.5. The quantitative estimate of drug-likeness (QED) is 0.414. The summed E-state index contributed by atoms with van der Waals surface area (Å²) in [4.78, 5) is 56.6. The van der Waals surface area contributed by atoms with Gasteiger partial charge in [0.2, 0.25) is 29.0 Å². The number of ketones is 2. The van der Waals surface area contributed by atoms with Crippen molar-refractivity contribution in [2.75, 3.05) is 19.1 Å². The van der Waals surface area contributed by atoms with E-state index in [1.165, 1.54) is 14.2 Å². The van der Waals surface area contributed by atoms with Gasteiger partial charge in [-0.2, -0.15) is 0 Å². The molecule has 3 atom stereocenters. The van der Waals surface area contributed by atoms with Crippen LogP contribution in [0.25, 0.3) is 0 Å². The SMILES string of the molecule is COc1ccc(N2C(=O)C3C(c4ccccc4)OC4(C(=O)c5ccccc5C4=O)C3C2=O)c(OC)c1. The van der Waals surface area contributed by atoms with E-state index in [1.54, 1.807) is 66.7 Å².